The normalized spacial score (nSPS) is 10.3. The Balaban J connectivity index is 1.75. The van der Waals surface area contributed by atoms with Gasteiger partial charge in [-0.25, -0.2) is 9.37 Å². The van der Waals surface area contributed by atoms with Crippen LogP contribution >= 0.6 is 39.7 Å². The molecule has 0 spiro atoms. The highest BCUT2D eigenvalue weighted by Gasteiger charge is 2.15. The van der Waals surface area contributed by atoms with E-state index < -0.39 is 11.7 Å². The number of nitrogens with zero attached hydrogens (tertiary/aromatic N) is 1. The van der Waals surface area contributed by atoms with Crippen molar-refractivity contribution in [1.29, 1.82) is 0 Å². The zero-order valence-electron chi connectivity index (χ0n) is 14.7. The second kappa shape index (κ2) is 9.17. The zero-order valence-corrected chi connectivity index (χ0v) is 17.8. The summed E-state index contributed by atoms with van der Waals surface area (Å²) in [4.78, 5) is 16.6. The third-order valence-electron chi connectivity index (χ3n) is 3.77. The second-order valence-electron chi connectivity index (χ2n) is 5.76. The fourth-order valence-corrected chi connectivity index (χ4v) is 3.05. The Labute approximate surface area is 184 Å². The van der Waals surface area contributed by atoms with Crippen molar-refractivity contribution in [3.05, 3.63) is 75.6 Å². The van der Waals surface area contributed by atoms with Crippen molar-refractivity contribution in [1.82, 2.24) is 4.98 Å². The smallest absolute Gasteiger partial charge is 0.258 e. The van der Waals surface area contributed by atoms with Crippen LogP contribution in [-0.2, 0) is 0 Å². The predicted molar refractivity (Wildman–Crippen MR) is 122 cm³/mol. The Kier molecular flexibility index (Phi) is 6.63. The first-order valence-electron chi connectivity index (χ1n) is 8.18. The van der Waals surface area contributed by atoms with Crippen LogP contribution in [0.1, 0.15) is 10.4 Å². The lowest BCUT2D eigenvalue weighted by atomic mass is 10.1. The number of anilines is 4. The molecule has 0 bridgehead atoms. The van der Waals surface area contributed by atoms with Gasteiger partial charge in [-0.1, -0.05) is 23.7 Å². The van der Waals surface area contributed by atoms with Crippen LogP contribution < -0.4 is 21.7 Å². The Morgan fingerprint density at radius 1 is 1.10 bits per heavy atom. The standard InChI is InChI=1S/C19H14BrClFN5OS/c20-10-7-8-15(24-9-10)26-18(28)11-3-1-6-14(16(11)23)25-19(29)27-17-12(21)4-2-5-13(17)22/h1-9H,23H2,(H,24,26,28)(H2,25,27,29). The predicted octanol–water partition coefficient (Wildman–Crippen LogP) is 5.28. The lowest BCUT2D eigenvalue weighted by Crippen LogP contribution is -2.22. The van der Waals surface area contributed by atoms with Crippen LogP contribution in [0, 0.1) is 5.82 Å². The third kappa shape index (κ3) is 5.20. The van der Waals surface area contributed by atoms with E-state index in [2.05, 4.69) is 36.9 Å². The summed E-state index contributed by atoms with van der Waals surface area (Å²) in [7, 11) is 0. The van der Waals surface area contributed by atoms with Crippen LogP contribution in [0.3, 0.4) is 0 Å². The molecule has 6 nitrogen and oxygen atoms in total. The van der Waals surface area contributed by atoms with E-state index in [-0.39, 0.29) is 27.1 Å². The maximum atomic E-state index is 13.9. The van der Waals surface area contributed by atoms with Crippen molar-refractivity contribution in [2.24, 2.45) is 0 Å². The molecule has 0 atom stereocenters. The molecule has 1 amide bonds. The summed E-state index contributed by atoms with van der Waals surface area (Å²) in [6.07, 6.45) is 1.56. The summed E-state index contributed by atoms with van der Waals surface area (Å²) < 4.78 is 14.7. The number of nitrogen functional groups attached to an aromatic ring is 1. The van der Waals surface area contributed by atoms with E-state index in [1.807, 2.05) is 0 Å². The molecule has 0 unspecified atom stereocenters. The number of thiocarbonyl (C=S) groups is 1. The Bertz CT molecular complexity index is 1060. The Morgan fingerprint density at radius 2 is 1.86 bits per heavy atom. The van der Waals surface area contributed by atoms with Gasteiger partial charge in [0.05, 0.1) is 27.6 Å². The number of pyridine rings is 1. The first-order valence-corrected chi connectivity index (χ1v) is 9.76. The van der Waals surface area contributed by atoms with E-state index in [9.17, 15) is 9.18 Å². The number of aromatic nitrogens is 1. The fourth-order valence-electron chi connectivity index (χ4n) is 2.39. The number of nitrogens with one attached hydrogen (secondary N) is 3. The molecule has 10 heteroatoms. The molecular formula is C19H14BrClFN5OS. The molecule has 29 heavy (non-hydrogen) atoms. The van der Waals surface area contributed by atoms with Crippen LogP contribution in [0.4, 0.5) is 27.3 Å². The quantitative estimate of drug-likeness (QED) is 0.291. The Morgan fingerprint density at radius 3 is 2.55 bits per heavy atom. The Hall–Kier alpha value is -2.75. The van der Waals surface area contributed by atoms with Crippen molar-refractivity contribution in [3.8, 4) is 0 Å². The maximum absolute atomic E-state index is 13.9. The van der Waals surface area contributed by atoms with Gasteiger partial charge in [0.25, 0.3) is 5.91 Å². The highest BCUT2D eigenvalue weighted by molar-refractivity contribution is 9.10. The molecule has 0 fully saturated rings. The molecule has 148 valence electrons. The SMILES string of the molecule is Nc1c(NC(=S)Nc2c(F)cccc2Cl)cccc1C(=O)Nc1ccc(Br)cn1. The number of para-hydroxylation sites is 2. The second-order valence-corrected chi connectivity index (χ2v) is 7.49. The molecule has 2 aromatic carbocycles. The van der Waals surface area contributed by atoms with E-state index in [0.29, 0.717) is 11.5 Å². The molecule has 0 saturated carbocycles. The van der Waals surface area contributed by atoms with Crippen molar-refractivity contribution in [2.75, 3.05) is 21.7 Å². The van der Waals surface area contributed by atoms with Crippen molar-refractivity contribution in [2.45, 2.75) is 0 Å². The molecule has 0 radical (unpaired) electrons. The maximum Gasteiger partial charge on any atom is 0.258 e. The lowest BCUT2D eigenvalue weighted by Gasteiger charge is -2.15. The highest BCUT2D eigenvalue weighted by Crippen LogP contribution is 2.27. The highest BCUT2D eigenvalue weighted by atomic mass is 79.9. The summed E-state index contributed by atoms with van der Waals surface area (Å²) in [5.74, 6) is -0.607. The van der Waals surface area contributed by atoms with Gasteiger partial charge >= 0.3 is 0 Å². The summed E-state index contributed by atoms with van der Waals surface area (Å²) in [5, 5.41) is 8.45. The molecule has 0 aliphatic heterocycles. The molecule has 0 saturated heterocycles. The topological polar surface area (TPSA) is 92.1 Å². The van der Waals surface area contributed by atoms with E-state index >= 15 is 0 Å². The van der Waals surface area contributed by atoms with Crippen molar-refractivity contribution in [3.63, 3.8) is 0 Å². The summed E-state index contributed by atoms with van der Waals surface area (Å²) >= 11 is 14.5. The molecule has 3 rings (SSSR count). The van der Waals surface area contributed by atoms with E-state index in [1.165, 1.54) is 18.2 Å². The minimum Gasteiger partial charge on any atom is -0.396 e. The minimum atomic E-state index is -0.551. The summed E-state index contributed by atoms with van der Waals surface area (Å²) in [6.45, 7) is 0. The largest absolute Gasteiger partial charge is 0.396 e. The number of rotatable bonds is 4. The van der Waals surface area contributed by atoms with Crippen molar-refractivity contribution < 1.29 is 9.18 Å². The zero-order chi connectivity index (χ0) is 21.0. The summed E-state index contributed by atoms with van der Waals surface area (Å²) in [6, 6.07) is 12.5. The number of nitrogens with two attached hydrogens (primary N) is 1. The number of carbonyl (C=O) groups is 1. The number of hydrogen-bond acceptors (Lipinski definition) is 4. The number of hydrogen-bond donors (Lipinski definition) is 4. The van der Waals surface area contributed by atoms with Crippen LogP contribution in [-0.4, -0.2) is 16.0 Å². The number of amides is 1. The molecular weight excluding hydrogens is 481 g/mol. The van der Waals surface area contributed by atoms with Gasteiger partial charge in [0.2, 0.25) is 0 Å². The van der Waals surface area contributed by atoms with Gasteiger partial charge in [-0.2, -0.15) is 0 Å². The molecule has 3 aromatic rings. The molecule has 1 heterocycles. The van der Waals surface area contributed by atoms with E-state index in [1.54, 1.807) is 36.5 Å². The van der Waals surface area contributed by atoms with E-state index in [4.69, 9.17) is 29.6 Å². The number of benzene rings is 2. The van der Waals surface area contributed by atoms with Gasteiger partial charge in [0, 0.05) is 10.7 Å². The van der Waals surface area contributed by atoms with Crippen LogP contribution in [0.25, 0.3) is 0 Å². The van der Waals surface area contributed by atoms with Crippen LogP contribution in [0.15, 0.2) is 59.2 Å². The minimum absolute atomic E-state index is 0.0421. The van der Waals surface area contributed by atoms with Crippen LogP contribution in [0.5, 0.6) is 0 Å². The average Bonchev–Trinajstić information content (AvgIpc) is 2.68. The first-order chi connectivity index (χ1) is 13.8. The fraction of sp³-hybridized carbons (Fsp3) is 0. The van der Waals surface area contributed by atoms with Crippen molar-refractivity contribution >= 4 is 73.6 Å². The van der Waals surface area contributed by atoms with Crippen LogP contribution in [0.2, 0.25) is 5.02 Å². The van der Waals surface area contributed by atoms with E-state index in [0.717, 1.165) is 4.47 Å². The van der Waals surface area contributed by atoms with Gasteiger partial charge < -0.3 is 21.7 Å². The number of halogens is 3. The molecule has 5 N–H and O–H groups in total. The van der Waals surface area contributed by atoms with Gasteiger partial charge in [-0.15, -0.1) is 0 Å². The molecule has 0 aliphatic rings. The number of carbonyl (C=O) groups excluding carboxylic acids is 1. The van der Waals surface area contributed by atoms with Gasteiger partial charge in [0.15, 0.2) is 5.11 Å². The monoisotopic (exact) mass is 493 g/mol. The van der Waals surface area contributed by atoms with Gasteiger partial charge in [-0.05, 0) is 64.5 Å². The van der Waals surface area contributed by atoms with Gasteiger partial charge in [-0.3, -0.25) is 4.79 Å². The van der Waals surface area contributed by atoms with Gasteiger partial charge in [0.1, 0.15) is 11.6 Å². The molecule has 1 aromatic heterocycles. The first kappa shape index (κ1) is 21.0. The summed E-state index contributed by atoms with van der Waals surface area (Å²) in [5.41, 5.74) is 6.95. The molecule has 0 aliphatic carbocycles. The average molecular weight is 495 g/mol. The third-order valence-corrected chi connectivity index (χ3v) is 4.76. The lowest BCUT2D eigenvalue weighted by molar-refractivity contribution is 0.102.